The number of hydrogen-bond donors (Lipinski definition) is 1. The van der Waals surface area contributed by atoms with Gasteiger partial charge in [0.1, 0.15) is 5.82 Å². The highest BCUT2D eigenvalue weighted by Crippen LogP contribution is 2.35. The van der Waals surface area contributed by atoms with Crippen molar-refractivity contribution in [3.05, 3.63) is 17.7 Å². The minimum absolute atomic E-state index is 0.369. The van der Waals surface area contributed by atoms with Gasteiger partial charge >= 0.3 is 5.97 Å². The molecule has 1 saturated heterocycles. The van der Waals surface area contributed by atoms with Gasteiger partial charge in [-0.25, -0.2) is 4.98 Å². The van der Waals surface area contributed by atoms with Gasteiger partial charge in [-0.2, -0.15) is 0 Å². The lowest BCUT2D eigenvalue weighted by molar-refractivity contribution is -0.139. The van der Waals surface area contributed by atoms with Crippen LogP contribution in [0.1, 0.15) is 56.1 Å². The fourth-order valence-electron chi connectivity index (χ4n) is 3.54. The smallest absolute Gasteiger partial charge is 0.312 e. The van der Waals surface area contributed by atoms with E-state index in [9.17, 15) is 9.90 Å². The summed E-state index contributed by atoms with van der Waals surface area (Å²) in [4.78, 5) is 18.3. The van der Waals surface area contributed by atoms with Crippen molar-refractivity contribution in [2.24, 2.45) is 0 Å². The van der Waals surface area contributed by atoms with E-state index in [4.69, 9.17) is 0 Å². The highest BCUT2D eigenvalue weighted by atomic mass is 16.4. The fourth-order valence-corrected chi connectivity index (χ4v) is 3.54. The van der Waals surface area contributed by atoms with E-state index in [-0.39, 0.29) is 5.92 Å². The maximum atomic E-state index is 11.3. The summed E-state index contributed by atoms with van der Waals surface area (Å²) in [7, 11) is 0. The molecule has 104 valence electrons. The van der Waals surface area contributed by atoms with Crippen LogP contribution >= 0.6 is 0 Å². The van der Waals surface area contributed by atoms with Gasteiger partial charge < -0.3 is 9.67 Å². The van der Waals surface area contributed by atoms with E-state index in [1.165, 1.54) is 6.42 Å². The highest BCUT2D eigenvalue weighted by molar-refractivity contribution is 5.75. The third-order valence-electron chi connectivity index (χ3n) is 4.51. The van der Waals surface area contributed by atoms with Crippen molar-refractivity contribution >= 4 is 5.97 Å². The van der Waals surface area contributed by atoms with Gasteiger partial charge in [0.05, 0.1) is 17.7 Å². The predicted molar refractivity (Wildman–Crippen MR) is 71.1 cm³/mol. The molecule has 1 fully saturated rings. The molecule has 1 aromatic rings. The van der Waals surface area contributed by atoms with Gasteiger partial charge in [-0.05, 0) is 38.8 Å². The zero-order chi connectivity index (χ0) is 13.4. The molecule has 0 aromatic carbocycles. The van der Waals surface area contributed by atoms with Crippen LogP contribution in [0, 0.1) is 0 Å². The Bertz CT molecular complexity index is 483. The fraction of sp³-hybridized carbons (Fsp3) is 0.714. The molecule has 3 rings (SSSR count). The Morgan fingerprint density at radius 2 is 2.21 bits per heavy atom. The minimum atomic E-state index is -0.717. The average molecular weight is 263 g/mol. The summed E-state index contributed by atoms with van der Waals surface area (Å²) < 4.78 is 2.17. The Hall–Kier alpha value is -1.36. The quantitative estimate of drug-likeness (QED) is 0.906. The van der Waals surface area contributed by atoms with Crippen molar-refractivity contribution in [2.45, 2.75) is 51.1 Å². The van der Waals surface area contributed by atoms with Gasteiger partial charge in [-0.3, -0.25) is 9.69 Å². The zero-order valence-corrected chi connectivity index (χ0v) is 11.4. The number of carboxylic acids is 1. The van der Waals surface area contributed by atoms with Gasteiger partial charge in [0.25, 0.3) is 0 Å². The second-order valence-electron chi connectivity index (χ2n) is 5.51. The molecule has 2 unspecified atom stereocenters. The largest absolute Gasteiger partial charge is 0.481 e. The van der Waals surface area contributed by atoms with Gasteiger partial charge in [-0.15, -0.1) is 0 Å². The molecule has 5 nitrogen and oxygen atoms in total. The molecular formula is C14H21N3O2. The molecule has 2 aliphatic rings. The SMILES string of the molecule is CCN1CCCC1c1ncc2n1CCCC2C(=O)O. The van der Waals surface area contributed by atoms with E-state index >= 15 is 0 Å². The molecule has 0 radical (unpaired) electrons. The van der Waals surface area contributed by atoms with Crippen LogP contribution in [-0.4, -0.2) is 38.6 Å². The highest BCUT2D eigenvalue weighted by Gasteiger charge is 2.33. The van der Waals surface area contributed by atoms with Crippen LogP contribution in [0.25, 0.3) is 0 Å². The Balaban J connectivity index is 1.94. The first-order chi connectivity index (χ1) is 9.22. The van der Waals surface area contributed by atoms with Gasteiger partial charge in [0, 0.05) is 12.7 Å². The molecule has 1 aromatic heterocycles. The maximum Gasteiger partial charge on any atom is 0.312 e. The van der Waals surface area contributed by atoms with Crippen molar-refractivity contribution in [3.63, 3.8) is 0 Å². The van der Waals surface area contributed by atoms with Crippen LogP contribution in [0.2, 0.25) is 0 Å². The van der Waals surface area contributed by atoms with Crippen LogP contribution in [0.3, 0.4) is 0 Å². The van der Waals surface area contributed by atoms with Crippen molar-refractivity contribution in [2.75, 3.05) is 13.1 Å². The van der Waals surface area contributed by atoms with Crippen LogP contribution in [-0.2, 0) is 11.3 Å². The number of carboxylic acid groups (broad SMARTS) is 1. The molecule has 0 spiro atoms. The van der Waals surface area contributed by atoms with Gasteiger partial charge in [0.2, 0.25) is 0 Å². The summed E-state index contributed by atoms with van der Waals surface area (Å²) in [6.07, 6.45) is 5.82. The molecule has 5 heteroatoms. The van der Waals surface area contributed by atoms with E-state index in [2.05, 4.69) is 21.4 Å². The predicted octanol–water partition coefficient (Wildman–Crippen LogP) is 2.00. The number of fused-ring (bicyclic) bond motifs is 1. The van der Waals surface area contributed by atoms with Crippen LogP contribution in [0.4, 0.5) is 0 Å². The van der Waals surface area contributed by atoms with Crippen molar-refractivity contribution < 1.29 is 9.90 Å². The first kappa shape index (κ1) is 12.7. The lowest BCUT2D eigenvalue weighted by Crippen LogP contribution is -2.28. The van der Waals surface area contributed by atoms with E-state index in [1.54, 1.807) is 6.20 Å². The topological polar surface area (TPSA) is 58.4 Å². The maximum absolute atomic E-state index is 11.3. The normalized spacial score (nSPS) is 27.4. The summed E-state index contributed by atoms with van der Waals surface area (Å²) in [5.74, 6) is -0.00190. The Morgan fingerprint density at radius 1 is 1.42 bits per heavy atom. The molecule has 1 N–H and O–H groups in total. The van der Waals surface area contributed by atoms with Crippen LogP contribution in [0.15, 0.2) is 6.20 Å². The lowest BCUT2D eigenvalue weighted by atomic mass is 9.96. The number of rotatable bonds is 3. The molecule has 2 aliphatic heterocycles. The van der Waals surface area contributed by atoms with E-state index in [0.29, 0.717) is 6.04 Å². The number of carbonyl (C=O) groups is 1. The monoisotopic (exact) mass is 263 g/mol. The molecule has 3 heterocycles. The number of hydrogen-bond acceptors (Lipinski definition) is 3. The van der Waals surface area contributed by atoms with Crippen molar-refractivity contribution in [3.8, 4) is 0 Å². The number of aliphatic carboxylic acids is 1. The van der Waals surface area contributed by atoms with Crippen LogP contribution in [0.5, 0.6) is 0 Å². The van der Waals surface area contributed by atoms with E-state index < -0.39 is 5.97 Å². The molecule has 2 atom stereocenters. The first-order valence-corrected chi connectivity index (χ1v) is 7.24. The van der Waals surface area contributed by atoms with Crippen molar-refractivity contribution in [1.29, 1.82) is 0 Å². The second kappa shape index (κ2) is 4.96. The van der Waals surface area contributed by atoms with Gasteiger partial charge in [-0.1, -0.05) is 6.92 Å². The Labute approximate surface area is 113 Å². The van der Waals surface area contributed by atoms with Gasteiger partial charge in [0.15, 0.2) is 0 Å². The minimum Gasteiger partial charge on any atom is -0.481 e. The van der Waals surface area contributed by atoms with E-state index in [1.807, 2.05) is 0 Å². The molecule has 0 aliphatic carbocycles. The molecule has 19 heavy (non-hydrogen) atoms. The Kier molecular flexibility index (Phi) is 3.31. The average Bonchev–Trinajstić information content (AvgIpc) is 3.03. The van der Waals surface area contributed by atoms with Crippen molar-refractivity contribution in [1.82, 2.24) is 14.5 Å². The molecule has 0 bridgehead atoms. The zero-order valence-electron chi connectivity index (χ0n) is 11.4. The number of likely N-dealkylation sites (tertiary alicyclic amines) is 1. The number of imidazole rings is 1. The summed E-state index contributed by atoms with van der Waals surface area (Å²) in [6, 6.07) is 0.381. The summed E-state index contributed by atoms with van der Waals surface area (Å²) in [5, 5.41) is 9.31. The molecular weight excluding hydrogens is 242 g/mol. The lowest BCUT2D eigenvalue weighted by Gasteiger charge is -2.27. The summed E-state index contributed by atoms with van der Waals surface area (Å²) in [6.45, 7) is 5.27. The summed E-state index contributed by atoms with van der Waals surface area (Å²) in [5.41, 5.74) is 0.900. The first-order valence-electron chi connectivity index (χ1n) is 7.24. The standard InChI is InChI=1S/C14H21N3O2/c1-2-16-7-4-6-11(16)13-15-9-12-10(14(18)19)5-3-8-17(12)13/h9-11H,2-8H2,1H3,(H,18,19). The third kappa shape index (κ3) is 2.06. The number of aromatic nitrogens is 2. The van der Waals surface area contributed by atoms with E-state index in [0.717, 1.165) is 50.4 Å². The molecule has 0 amide bonds. The second-order valence-corrected chi connectivity index (χ2v) is 5.51. The Morgan fingerprint density at radius 3 is 2.95 bits per heavy atom. The third-order valence-corrected chi connectivity index (χ3v) is 4.51. The number of nitrogens with zero attached hydrogens (tertiary/aromatic N) is 3. The van der Waals surface area contributed by atoms with Crippen LogP contribution < -0.4 is 0 Å². The molecule has 0 saturated carbocycles. The summed E-state index contributed by atoms with van der Waals surface area (Å²) >= 11 is 0.